The van der Waals surface area contributed by atoms with E-state index in [0.717, 1.165) is 26.9 Å². The van der Waals surface area contributed by atoms with Crippen molar-refractivity contribution < 1.29 is 4.79 Å². The van der Waals surface area contributed by atoms with E-state index in [4.69, 9.17) is 0 Å². The van der Waals surface area contributed by atoms with Gasteiger partial charge in [0.25, 0.3) is 0 Å². The summed E-state index contributed by atoms with van der Waals surface area (Å²) < 4.78 is 0. The molecule has 118 valence electrons. The number of thiazole rings is 1. The molecule has 0 unspecified atom stereocenters. The van der Waals surface area contributed by atoms with Gasteiger partial charge in [0, 0.05) is 5.38 Å². The van der Waals surface area contributed by atoms with Crippen LogP contribution in [0.3, 0.4) is 0 Å². The van der Waals surface area contributed by atoms with Crippen molar-refractivity contribution >= 4 is 44.5 Å². The van der Waals surface area contributed by atoms with Crippen molar-refractivity contribution in [2.75, 3.05) is 5.32 Å². The zero-order chi connectivity index (χ0) is 16.4. The zero-order valence-corrected chi connectivity index (χ0v) is 14.4. The van der Waals surface area contributed by atoms with E-state index in [-0.39, 0.29) is 5.91 Å². The highest BCUT2D eigenvalue weighted by molar-refractivity contribution is 7.16. The molecule has 4 aromatic rings. The summed E-state index contributed by atoms with van der Waals surface area (Å²) in [5.41, 5.74) is 1.94. The van der Waals surface area contributed by atoms with Crippen LogP contribution in [0, 0.1) is 0 Å². The van der Waals surface area contributed by atoms with Crippen molar-refractivity contribution in [2.24, 2.45) is 0 Å². The van der Waals surface area contributed by atoms with E-state index >= 15 is 0 Å². The molecule has 0 aliphatic carbocycles. The molecular formula is C19H14N2OS2. The molecule has 3 nitrogen and oxygen atoms in total. The van der Waals surface area contributed by atoms with Crippen LogP contribution in [0.25, 0.3) is 21.3 Å². The Balaban J connectivity index is 1.50. The molecular weight excluding hydrogens is 336 g/mol. The molecule has 2 aromatic heterocycles. The SMILES string of the molecule is O=C(Cc1cccc2ccccc12)Nc1nc(-c2cccs2)cs1. The Labute approximate surface area is 147 Å². The monoisotopic (exact) mass is 350 g/mol. The van der Waals surface area contributed by atoms with Crippen LogP contribution >= 0.6 is 22.7 Å². The number of carbonyl (C=O) groups is 1. The second kappa shape index (κ2) is 6.55. The fourth-order valence-electron chi connectivity index (χ4n) is 2.65. The van der Waals surface area contributed by atoms with Gasteiger partial charge in [0.1, 0.15) is 0 Å². The first-order valence-electron chi connectivity index (χ1n) is 7.55. The average Bonchev–Trinajstić information content (AvgIpc) is 3.26. The Kier molecular flexibility index (Phi) is 4.11. The normalized spacial score (nSPS) is 10.8. The topological polar surface area (TPSA) is 42.0 Å². The molecule has 0 atom stereocenters. The summed E-state index contributed by atoms with van der Waals surface area (Å²) >= 11 is 3.10. The molecule has 0 radical (unpaired) electrons. The van der Waals surface area contributed by atoms with Crippen LogP contribution in [0.15, 0.2) is 65.4 Å². The number of fused-ring (bicyclic) bond motifs is 1. The fraction of sp³-hybridized carbons (Fsp3) is 0.0526. The summed E-state index contributed by atoms with van der Waals surface area (Å²) in [6.45, 7) is 0. The standard InChI is InChI=1S/C19H14N2OS2/c22-18(11-14-7-3-6-13-5-1-2-8-15(13)14)21-19-20-16(12-24-19)17-9-4-10-23-17/h1-10,12H,11H2,(H,20,21,22). The van der Waals surface area contributed by atoms with Crippen molar-refractivity contribution in [2.45, 2.75) is 6.42 Å². The van der Waals surface area contributed by atoms with Crippen LogP contribution in [0.1, 0.15) is 5.56 Å². The molecule has 5 heteroatoms. The van der Waals surface area contributed by atoms with Gasteiger partial charge >= 0.3 is 0 Å². The lowest BCUT2D eigenvalue weighted by molar-refractivity contribution is -0.115. The van der Waals surface area contributed by atoms with Gasteiger partial charge < -0.3 is 5.32 Å². The largest absolute Gasteiger partial charge is 0.302 e. The number of hydrogen-bond donors (Lipinski definition) is 1. The van der Waals surface area contributed by atoms with E-state index in [2.05, 4.69) is 28.5 Å². The van der Waals surface area contributed by atoms with Crippen LogP contribution in [-0.2, 0) is 11.2 Å². The number of benzene rings is 2. The Hall–Kier alpha value is -2.50. The van der Waals surface area contributed by atoms with Crippen molar-refractivity contribution in [3.05, 3.63) is 70.9 Å². The van der Waals surface area contributed by atoms with Gasteiger partial charge in [-0.2, -0.15) is 0 Å². The number of thiophene rings is 1. The van der Waals surface area contributed by atoms with Gasteiger partial charge in [-0.15, -0.1) is 22.7 Å². The maximum absolute atomic E-state index is 12.4. The summed E-state index contributed by atoms with van der Waals surface area (Å²) in [7, 11) is 0. The van der Waals surface area contributed by atoms with Crippen LogP contribution in [0.2, 0.25) is 0 Å². The number of amides is 1. The molecule has 0 saturated heterocycles. The maximum atomic E-state index is 12.4. The minimum atomic E-state index is -0.0431. The zero-order valence-electron chi connectivity index (χ0n) is 12.7. The summed E-state index contributed by atoms with van der Waals surface area (Å²) in [4.78, 5) is 18.0. The van der Waals surface area contributed by atoms with Gasteiger partial charge in [-0.05, 0) is 27.8 Å². The number of carbonyl (C=O) groups excluding carboxylic acids is 1. The number of aromatic nitrogens is 1. The Morgan fingerprint density at radius 1 is 1.00 bits per heavy atom. The molecule has 4 rings (SSSR count). The Morgan fingerprint density at radius 3 is 2.75 bits per heavy atom. The van der Waals surface area contributed by atoms with E-state index in [1.54, 1.807) is 11.3 Å². The molecule has 2 heterocycles. The maximum Gasteiger partial charge on any atom is 0.230 e. The summed E-state index contributed by atoms with van der Waals surface area (Å²) in [5, 5.41) is 9.81. The molecule has 0 spiro atoms. The van der Waals surface area contributed by atoms with Gasteiger partial charge in [-0.3, -0.25) is 4.79 Å². The lowest BCUT2D eigenvalue weighted by Crippen LogP contribution is -2.14. The first-order valence-corrected chi connectivity index (χ1v) is 9.31. The summed E-state index contributed by atoms with van der Waals surface area (Å²) in [5.74, 6) is -0.0431. The van der Waals surface area contributed by atoms with Crippen LogP contribution in [0.4, 0.5) is 5.13 Å². The average molecular weight is 350 g/mol. The first kappa shape index (κ1) is 15.1. The van der Waals surface area contributed by atoms with Gasteiger partial charge in [0.15, 0.2) is 5.13 Å². The third-order valence-electron chi connectivity index (χ3n) is 3.76. The highest BCUT2D eigenvalue weighted by Crippen LogP contribution is 2.28. The van der Waals surface area contributed by atoms with E-state index in [0.29, 0.717) is 11.6 Å². The number of anilines is 1. The molecule has 0 aliphatic heterocycles. The van der Waals surface area contributed by atoms with Crippen LogP contribution in [0.5, 0.6) is 0 Å². The second-order valence-electron chi connectivity index (χ2n) is 5.38. The smallest absolute Gasteiger partial charge is 0.230 e. The molecule has 0 fully saturated rings. The molecule has 2 aromatic carbocycles. The van der Waals surface area contributed by atoms with Gasteiger partial charge in [-0.25, -0.2) is 4.98 Å². The highest BCUT2D eigenvalue weighted by atomic mass is 32.1. The van der Waals surface area contributed by atoms with Crippen molar-refractivity contribution in [1.82, 2.24) is 4.98 Å². The number of nitrogens with zero attached hydrogens (tertiary/aromatic N) is 1. The lowest BCUT2D eigenvalue weighted by atomic mass is 10.0. The van der Waals surface area contributed by atoms with Crippen molar-refractivity contribution in [1.29, 1.82) is 0 Å². The number of rotatable bonds is 4. The molecule has 1 amide bonds. The van der Waals surface area contributed by atoms with E-state index < -0.39 is 0 Å². The minimum absolute atomic E-state index is 0.0431. The first-order chi connectivity index (χ1) is 11.8. The van der Waals surface area contributed by atoms with Gasteiger partial charge in [-0.1, -0.05) is 48.5 Å². The Bertz CT molecular complexity index is 984. The van der Waals surface area contributed by atoms with Crippen LogP contribution < -0.4 is 5.32 Å². The molecule has 24 heavy (non-hydrogen) atoms. The van der Waals surface area contributed by atoms with E-state index in [1.807, 2.05) is 47.2 Å². The molecule has 0 aliphatic rings. The fourth-order valence-corrected chi connectivity index (χ4v) is 4.14. The summed E-state index contributed by atoms with van der Waals surface area (Å²) in [6.07, 6.45) is 0.343. The molecule has 0 saturated carbocycles. The minimum Gasteiger partial charge on any atom is -0.302 e. The Morgan fingerprint density at radius 2 is 1.88 bits per heavy atom. The molecule has 1 N–H and O–H groups in total. The van der Waals surface area contributed by atoms with Gasteiger partial charge in [0.05, 0.1) is 17.0 Å². The van der Waals surface area contributed by atoms with E-state index in [9.17, 15) is 4.79 Å². The van der Waals surface area contributed by atoms with Crippen molar-refractivity contribution in [3.63, 3.8) is 0 Å². The number of hydrogen-bond acceptors (Lipinski definition) is 4. The quantitative estimate of drug-likeness (QED) is 0.549. The number of nitrogens with one attached hydrogen (secondary N) is 1. The van der Waals surface area contributed by atoms with E-state index in [1.165, 1.54) is 11.3 Å². The van der Waals surface area contributed by atoms with Crippen LogP contribution in [-0.4, -0.2) is 10.9 Å². The third-order valence-corrected chi connectivity index (χ3v) is 5.41. The predicted molar refractivity (Wildman–Crippen MR) is 102 cm³/mol. The second-order valence-corrected chi connectivity index (χ2v) is 7.18. The third kappa shape index (κ3) is 3.09. The van der Waals surface area contributed by atoms with Gasteiger partial charge in [0.2, 0.25) is 5.91 Å². The highest BCUT2D eigenvalue weighted by Gasteiger charge is 2.10. The summed E-state index contributed by atoms with van der Waals surface area (Å²) in [6, 6.07) is 18.2. The molecule has 0 bridgehead atoms. The lowest BCUT2D eigenvalue weighted by Gasteiger charge is -2.06. The predicted octanol–water partition coefficient (Wildman–Crippen LogP) is 5.21. The van der Waals surface area contributed by atoms with Crippen molar-refractivity contribution in [3.8, 4) is 10.6 Å².